The maximum atomic E-state index is 11.2. The van der Waals surface area contributed by atoms with Crippen molar-refractivity contribution >= 4 is 23.6 Å². The van der Waals surface area contributed by atoms with Gasteiger partial charge in [0.15, 0.2) is 0 Å². The summed E-state index contributed by atoms with van der Waals surface area (Å²) in [6.45, 7) is 3.39. The van der Waals surface area contributed by atoms with Crippen LogP contribution in [0.15, 0.2) is 0 Å². The Labute approximate surface area is 109 Å². The van der Waals surface area contributed by atoms with Crippen LogP contribution in [0.4, 0.5) is 0 Å². The SMILES string of the molecule is CC1SC2CC(=O)N2C1(C)C(=O)[O-].[Na+]. The van der Waals surface area contributed by atoms with Crippen molar-refractivity contribution < 1.29 is 44.3 Å². The molecular formula is C8H10NNaO3S. The largest absolute Gasteiger partial charge is 1.00 e. The van der Waals surface area contributed by atoms with Crippen molar-refractivity contribution in [1.82, 2.24) is 4.90 Å². The second kappa shape index (κ2) is 3.70. The van der Waals surface area contributed by atoms with Crippen molar-refractivity contribution in [2.45, 2.75) is 36.4 Å². The molecule has 3 atom stereocenters. The van der Waals surface area contributed by atoms with Crippen LogP contribution in [-0.2, 0) is 9.59 Å². The van der Waals surface area contributed by atoms with Gasteiger partial charge in [-0.3, -0.25) is 4.79 Å². The third kappa shape index (κ3) is 1.33. The summed E-state index contributed by atoms with van der Waals surface area (Å²) in [6.07, 6.45) is 0.470. The molecule has 2 heterocycles. The van der Waals surface area contributed by atoms with E-state index in [2.05, 4.69) is 0 Å². The minimum absolute atomic E-state index is 0. The van der Waals surface area contributed by atoms with E-state index in [0.717, 1.165) is 0 Å². The van der Waals surface area contributed by atoms with Gasteiger partial charge in [0.1, 0.15) is 0 Å². The van der Waals surface area contributed by atoms with E-state index in [9.17, 15) is 14.7 Å². The summed E-state index contributed by atoms with van der Waals surface area (Å²) in [6, 6.07) is 0. The van der Waals surface area contributed by atoms with Crippen LogP contribution < -0.4 is 34.7 Å². The number of β-lactam (4-membered cyclic amide) rings is 1. The number of hydrogen-bond acceptors (Lipinski definition) is 4. The quantitative estimate of drug-likeness (QED) is 0.338. The molecule has 0 aromatic rings. The number of carbonyl (C=O) groups is 2. The predicted octanol–water partition coefficient (Wildman–Crippen LogP) is -3.81. The van der Waals surface area contributed by atoms with Crippen LogP contribution in [0.1, 0.15) is 20.3 Å². The summed E-state index contributed by atoms with van der Waals surface area (Å²) >= 11 is 1.54. The Bertz CT molecular complexity index is 298. The van der Waals surface area contributed by atoms with Crippen molar-refractivity contribution in [3.63, 3.8) is 0 Å². The van der Waals surface area contributed by atoms with Gasteiger partial charge in [-0.2, -0.15) is 0 Å². The molecule has 2 aliphatic rings. The molecule has 0 aromatic heterocycles. The van der Waals surface area contributed by atoms with Gasteiger partial charge in [-0.15, -0.1) is 11.8 Å². The fourth-order valence-corrected chi connectivity index (χ4v) is 3.53. The number of amides is 1. The van der Waals surface area contributed by atoms with Crippen molar-refractivity contribution in [2.75, 3.05) is 0 Å². The molecule has 14 heavy (non-hydrogen) atoms. The zero-order chi connectivity index (χ0) is 9.80. The van der Waals surface area contributed by atoms with Gasteiger partial charge in [-0.25, -0.2) is 0 Å². The second-order valence-corrected chi connectivity index (χ2v) is 5.16. The van der Waals surface area contributed by atoms with Gasteiger partial charge in [0.25, 0.3) is 0 Å². The third-order valence-electron chi connectivity index (χ3n) is 2.97. The zero-order valence-electron chi connectivity index (χ0n) is 8.44. The smallest absolute Gasteiger partial charge is 0.548 e. The molecular weight excluding hydrogens is 213 g/mol. The van der Waals surface area contributed by atoms with Gasteiger partial charge < -0.3 is 14.8 Å². The Morgan fingerprint density at radius 2 is 2.29 bits per heavy atom. The summed E-state index contributed by atoms with van der Waals surface area (Å²) in [4.78, 5) is 23.6. The Hall–Kier alpha value is 0.290. The Kier molecular flexibility index (Phi) is 3.27. The van der Waals surface area contributed by atoms with Crippen LogP contribution in [0.2, 0.25) is 0 Å². The van der Waals surface area contributed by atoms with Crippen molar-refractivity contribution in [3.8, 4) is 0 Å². The summed E-state index contributed by atoms with van der Waals surface area (Å²) < 4.78 is 0. The fourth-order valence-electron chi connectivity index (χ4n) is 1.88. The summed E-state index contributed by atoms with van der Waals surface area (Å²) in [5.74, 6) is -1.23. The van der Waals surface area contributed by atoms with Crippen LogP contribution in [0.5, 0.6) is 0 Å². The number of carboxylic acids is 1. The van der Waals surface area contributed by atoms with Gasteiger partial charge in [-0.1, -0.05) is 6.92 Å². The normalized spacial score (nSPS) is 39.9. The Morgan fingerprint density at radius 1 is 1.71 bits per heavy atom. The van der Waals surface area contributed by atoms with Crippen LogP contribution in [-0.4, -0.2) is 32.9 Å². The molecule has 0 radical (unpaired) electrons. The van der Waals surface area contributed by atoms with Crippen LogP contribution in [0, 0.1) is 0 Å². The van der Waals surface area contributed by atoms with E-state index in [1.54, 1.807) is 6.92 Å². The molecule has 1 amide bonds. The zero-order valence-corrected chi connectivity index (χ0v) is 11.3. The van der Waals surface area contributed by atoms with E-state index in [4.69, 9.17) is 0 Å². The van der Waals surface area contributed by atoms with Crippen LogP contribution in [0.25, 0.3) is 0 Å². The van der Waals surface area contributed by atoms with E-state index < -0.39 is 11.5 Å². The van der Waals surface area contributed by atoms with Gasteiger partial charge in [0.2, 0.25) is 5.91 Å². The molecule has 0 aliphatic carbocycles. The number of thioether (sulfide) groups is 1. The monoisotopic (exact) mass is 223 g/mol. The molecule has 72 valence electrons. The summed E-state index contributed by atoms with van der Waals surface area (Å²) in [5, 5.41) is 10.9. The molecule has 2 saturated heterocycles. The minimum Gasteiger partial charge on any atom is -0.548 e. The second-order valence-electron chi connectivity index (χ2n) is 3.64. The van der Waals surface area contributed by atoms with Gasteiger partial charge in [-0.05, 0) is 6.92 Å². The number of aliphatic carboxylic acids is 1. The first-order chi connectivity index (χ1) is 5.98. The molecule has 0 spiro atoms. The van der Waals surface area contributed by atoms with Crippen molar-refractivity contribution in [1.29, 1.82) is 0 Å². The Balaban J connectivity index is 0.000000980. The molecule has 6 heteroatoms. The number of carbonyl (C=O) groups excluding carboxylic acids is 2. The summed E-state index contributed by atoms with van der Waals surface area (Å²) in [7, 11) is 0. The fraction of sp³-hybridized carbons (Fsp3) is 0.750. The van der Waals surface area contributed by atoms with Gasteiger partial charge in [0.05, 0.1) is 23.3 Å². The maximum absolute atomic E-state index is 11.2. The average Bonchev–Trinajstić information content (AvgIpc) is 2.21. The van der Waals surface area contributed by atoms with Gasteiger partial charge in [0, 0.05) is 5.25 Å². The van der Waals surface area contributed by atoms with Gasteiger partial charge >= 0.3 is 29.6 Å². The minimum atomic E-state index is -1.15. The van der Waals surface area contributed by atoms with E-state index in [0.29, 0.717) is 6.42 Å². The maximum Gasteiger partial charge on any atom is 1.00 e. The molecule has 0 saturated carbocycles. The van der Waals surface area contributed by atoms with E-state index in [1.807, 2.05) is 6.92 Å². The average molecular weight is 223 g/mol. The molecule has 2 fully saturated rings. The van der Waals surface area contributed by atoms with E-state index in [-0.39, 0.29) is 46.1 Å². The standard InChI is InChI=1S/C8H11NO3S.Na/c1-4-8(2,7(11)12)9-5(10)3-6(9)13-4;/h4,6H,3H2,1-2H3,(H,11,12);/q;+1/p-1. The first kappa shape index (κ1) is 12.4. The van der Waals surface area contributed by atoms with Crippen LogP contribution >= 0.6 is 11.8 Å². The molecule has 4 nitrogen and oxygen atoms in total. The summed E-state index contributed by atoms with van der Waals surface area (Å²) in [5.41, 5.74) is -1.11. The number of hydrogen-bond donors (Lipinski definition) is 0. The molecule has 2 rings (SSSR count). The number of fused-ring (bicyclic) bond motifs is 1. The molecule has 0 aromatic carbocycles. The number of nitrogens with zero attached hydrogens (tertiary/aromatic N) is 1. The van der Waals surface area contributed by atoms with Crippen LogP contribution in [0.3, 0.4) is 0 Å². The van der Waals surface area contributed by atoms with Crippen molar-refractivity contribution in [3.05, 3.63) is 0 Å². The predicted molar refractivity (Wildman–Crippen MR) is 45.7 cm³/mol. The first-order valence-corrected chi connectivity index (χ1v) is 5.11. The molecule has 2 aliphatic heterocycles. The molecule has 3 unspecified atom stereocenters. The number of carboxylic acid groups (broad SMARTS) is 1. The first-order valence-electron chi connectivity index (χ1n) is 4.17. The molecule has 0 N–H and O–H groups in total. The van der Waals surface area contributed by atoms with E-state index in [1.165, 1.54) is 16.7 Å². The molecule has 0 bridgehead atoms. The topological polar surface area (TPSA) is 60.4 Å². The van der Waals surface area contributed by atoms with Crippen molar-refractivity contribution in [2.24, 2.45) is 0 Å². The third-order valence-corrected chi connectivity index (χ3v) is 4.53. The Morgan fingerprint density at radius 3 is 2.64 bits per heavy atom. The number of rotatable bonds is 1. The van der Waals surface area contributed by atoms with E-state index >= 15 is 0 Å².